The number of hydrogen-bond acceptors (Lipinski definition) is 3. The normalized spacial score (nSPS) is 13.5. The summed E-state index contributed by atoms with van der Waals surface area (Å²) in [7, 11) is 0. The minimum atomic E-state index is -1.32. The van der Waals surface area contributed by atoms with Crippen molar-refractivity contribution >= 4 is 5.91 Å². The molecule has 0 aliphatic rings. The lowest BCUT2D eigenvalue weighted by Crippen LogP contribution is -2.38. The monoisotopic (exact) mass is 303 g/mol. The molecule has 2 aromatic rings. The van der Waals surface area contributed by atoms with Crippen molar-refractivity contribution in [3.05, 3.63) is 65.0 Å². The second-order valence-electron chi connectivity index (χ2n) is 5.46. The number of hydrogen-bond donors (Lipinski definition) is 3. The van der Waals surface area contributed by atoms with E-state index in [9.17, 15) is 19.4 Å². The fourth-order valence-electron chi connectivity index (χ4n) is 2.02. The Morgan fingerprint density at radius 1 is 1.23 bits per heavy atom. The Bertz CT molecular complexity index is 681. The van der Waals surface area contributed by atoms with E-state index in [-0.39, 0.29) is 12.3 Å². The van der Waals surface area contributed by atoms with Gasteiger partial charge in [-0.05, 0) is 49.2 Å². The average molecular weight is 303 g/mol. The van der Waals surface area contributed by atoms with Crippen LogP contribution in [0.1, 0.15) is 28.4 Å². The molecule has 0 aliphatic carbocycles. The molecule has 0 aliphatic heterocycles. The molecule has 0 fully saturated rings. The highest BCUT2D eigenvalue weighted by atomic mass is 19.1. The van der Waals surface area contributed by atoms with Gasteiger partial charge in [0.2, 0.25) is 0 Å². The largest absolute Gasteiger partial charge is 0.508 e. The molecule has 0 saturated carbocycles. The van der Waals surface area contributed by atoms with Gasteiger partial charge in [0.15, 0.2) is 0 Å². The number of phenolic OH excluding ortho intramolecular Hbond substituents is 1. The molecule has 0 heterocycles. The summed E-state index contributed by atoms with van der Waals surface area (Å²) in [6, 6.07) is 10.1. The van der Waals surface area contributed by atoms with Gasteiger partial charge >= 0.3 is 0 Å². The van der Waals surface area contributed by atoms with Crippen LogP contribution in [0.2, 0.25) is 0 Å². The molecule has 116 valence electrons. The van der Waals surface area contributed by atoms with Crippen molar-refractivity contribution in [2.24, 2.45) is 0 Å². The van der Waals surface area contributed by atoms with Crippen LogP contribution >= 0.6 is 0 Å². The van der Waals surface area contributed by atoms with E-state index in [1.807, 2.05) is 0 Å². The molecule has 5 heteroatoms. The highest BCUT2D eigenvalue weighted by Crippen LogP contribution is 2.21. The van der Waals surface area contributed by atoms with Gasteiger partial charge in [-0.2, -0.15) is 0 Å². The van der Waals surface area contributed by atoms with Gasteiger partial charge in [0.1, 0.15) is 17.2 Å². The second kappa shape index (κ2) is 6.15. The zero-order valence-corrected chi connectivity index (χ0v) is 12.4. The van der Waals surface area contributed by atoms with Crippen LogP contribution in [0, 0.1) is 12.7 Å². The van der Waals surface area contributed by atoms with E-state index in [1.54, 1.807) is 19.1 Å². The fourth-order valence-corrected chi connectivity index (χ4v) is 2.02. The summed E-state index contributed by atoms with van der Waals surface area (Å²) in [5.74, 6) is -0.755. The van der Waals surface area contributed by atoms with E-state index in [0.717, 1.165) is 0 Å². The SMILES string of the molecule is Cc1ccc(C(=O)NCC(C)(O)c2ccc(F)cc2)cc1O. The van der Waals surface area contributed by atoms with E-state index in [1.165, 1.54) is 37.3 Å². The van der Waals surface area contributed by atoms with E-state index in [4.69, 9.17) is 0 Å². The topological polar surface area (TPSA) is 69.6 Å². The lowest BCUT2D eigenvalue weighted by Gasteiger charge is -2.24. The quantitative estimate of drug-likeness (QED) is 0.812. The third-order valence-corrected chi connectivity index (χ3v) is 3.53. The number of rotatable bonds is 4. The lowest BCUT2D eigenvalue weighted by molar-refractivity contribution is 0.0526. The molecule has 3 N–H and O–H groups in total. The summed E-state index contributed by atoms with van der Waals surface area (Å²) >= 11 is 0. The maximum Gasteiger partial charge on any atom is 0.251 e. The number of aliphatic hydroxyl groups is 1. The third kappa shape index (κ3) is 3.62. The number of aryl methyl sites for hydroxylation is 1. The standard InChI is InChI=1S/C17H18FNO3/c1-11-3-4-12(9-15(11)20)16(21)19-10-17(2,22)13-5-7-14(18)8-6-13/h3-9,20,22H,10H2,1-2H3,(H,19,21). The van der Waals surface area contributed by atoms with E-state index in [2.05, 4.69) is 5.32 Å². The first-order chi connectivity index (χ1) is 10.3. The summed E-state index contributed by atoms with van der Waals surface area (Å²) in [6.07, 6.45) is 0. The van der Waals surface area contributed by atoms with Gasteiger partial charge in [0, 0.05) is 5.56 Å². The van der Waals surface area contributed by atoms with E-state index in [0.29, 0.717) is 16.7 Å². The first-order valence-corrected chi connectivity index (χ1v) is 6.86. The molecular weight excluding hydrogens is 285 g/mol. The van der Waals surface area contributed by atoms with Crippen LogP contribution in [0.5, 0.6) is 5.75 Å². The number of aromatic hydroxyl groups is 1. The fraction of sp³-hybridized carbons (Fsp3) is 0.235. The van der Waals surface area contributed by atoms with Crippen LogP contribution in [-0.4, -0.2) is 22.7 Å². The first kappa shape index (κ1) is 16.0. The van der Waals surface area contributed by atoms with Crippen molar-refractivity contribution in [2.75, 3.05) is 6.54 Å². The number of benzene rings is 2. The summed E-state index contributed by atoms with van der Waals surface area (Å²) in [5.41, 5.74) is 0.157. The van der Waals surface area contributed by atoms with Crippen LogP contribution in [0.25, 0.3) is 0 Å². The zero-order valence-electron chi connectivity index (χ0n) is 12.4. The summed E-state index contributed by atoms with van der Waals surface area (Å²) in [4.78, 5) is 12.0. The van der Waals surface area contributed by atoms with Gasteiger partial charge in [-0.15, -0.1) is 0 Å². The maximum atomic E-state index is 12.9. The molecule has 1 atom stereocenters. The van der Waals surface area contributed by atoms with Crippen molar-refractivity contribution in [3.63, 3.8) is 0 Å². The second-order valence-corrected chi connectivity index (χ2v) is 5.46. The first-order valence-electron chi connectivity index (χ1n) is 6.86. The number of carbonyl (C=O) groups excluding carboxylic acids is 1. The Morgan fingerprint density at radius 3 is 2.45 bits per heavy atom. The lowest BCUT2D eigenvalue weighted by atomic mass is 9.96. The molecule has 1 unspecified atom stereocenters. The van der Waals surface area contributed by atoms with E-state index >= 15 is 0 Å². The smallest absolute Gasteiger partial charge is 0.251 e. The molecule has 2 aromatic carbocycles. The number of halogens is 1. The van der Waals surface area contributed by atoms with Crippen molar-refractivity contribution in [1.29, 1.82) is 0 Å². The predicted molar refractivity (Wildman–Crippen MR) is 81.1 cm³/mol. The van der Waals surface area contributed by atoms with Crippen LogP contribution in [0.4, 0.5) is 4.39 Å². The molecule has 1 amide bonds. The highest BCUT2D eigenvalue weighted by Gasteiger charge is 2.24. The van der Waals surface area contributed by atoms with Crippen LogP contribution in [0.3, 0.4) is 0 Å². The Balaban J connectivity index is 2.06. The van der Waals surface area contributed by atoms with Crippen LogP contribution in [0.15, 0.2) is 42.5 Å². The number of carbonyl (C=O) groups is 1. The van der Waals surface area contributed by atoms with Crippen LogP contribution < -0.4 is 5.32 Å². The van der Waals surface area contributed by atoms with Gasteiger partial charge in [-0.1, -0.05) is 18.2 Å². The number of nitrogens with one attached hydrogen (secondary N) is 1. The Kier molecular flexibility index (Phi) is 4.47. The Morgan fingerprint density at radius 2 is 1.86 bits per heavy atom. The van der Waals surface area contributed by atoms with Crippen molar-refractivity contribution in [3.8, 4) is 5.75 Å². The highest BCUT2D eigenvalue weighted by molar-refractivity contribution is 5.94. The van der Waals surface area contributed by atoms with E-state index < -0.39 is 17.3 Å². The molecule has 0 spiro atoms. The molecule has 0 aromatic heterocycles. The summed E-state index contributed by atoms with van der Waals surface area (Å²) < 4.78 is 12.9. The minimum absolute atomic E-state index is 0.0356. The molecule has 0 radical (unpaired) electrons. The maximum absolute atomic E-state index is 12.9. The third-order valence-electron chi connectivity index (χ3n) is 3.53. The van der Waals surface area contributed by atoms with Gasteiger partial charge < -0.3 is 15.5 Å². The van der Waals surface area contributed by atoms with Crippen molar-refractivity contribution in [2.45, 2.75) is 19.4 Å². The molecule has 22 heavy (non-hydrogen) atoms. The summed E-state index contributed by atoms with van der Waals surface area (Å²) in [6.45, 7) is 3.23. The van der Waals surface area contributed by atoms with Gasteiger partial charge in [0.25, 0.3) is 5.91 Å². The predicted octanol–water partition coefficient (Wildman–Crippen LogP) is 2.48. The minimum Gasteiger partial charge on any atom is -0.508 e. The number of phenols is 1. The van der Waals surface area contributed by atoms with Crippen LogP contribution in [-0.2, 0) is 5.60 Å². The zero-order chi connectivity index (χ0) is 16.3. The molecular formula is C17H18FNO3. The van der Waals surface area contributed by atoms with Gasteiger partial charge in [-0.3, -0.25) is 4.79 Å². The Hall–Kier alpha value is -2.40. The van der Waals surface area contributed by atoms with Gasteiger partial charge in [0.05, 0.1) is 6.54 Å². The molecule has 4 nitrogen and oxygen atoms in total. The Labute approximate surface area is 128 Å². The van der Waals surface area contributed by atoms with Crippen molar-refractivity contribution < 1.29 is 19.4 Å². The van der Waals surface area contributed by atoms with Crippen molar-refractivity contribution in [1.82, 2.24) is 5.32 Å². The molecule has 2 rings (SSSR count). The van der Waals surface area contributed by atoms with Gasteiger partial charge in [-0.25, -0.2) is 4.39 Å². The average Bonchev–Trinajstić information content (AvgIpc) is 2.48. The molecule has 0 saturated heterocycles. The molecule has 0 bridgehead atoms. The summed E-state index contributed by atoms with van der Waals surface area (Å²) in [5, 5.41) is 22.6. The number of amides is 1.